The highest BCUT2D eigenvalue weighted by Crippen LogP contribution is 2.39. The molecule has 3 atom stereocenters. The Morgan fingerprint density at radius 2 is 2.00 bits per heavy atom. The molecule has 0 heterocycles. The van der Waals surface area contributed by atoms with Crippen LogP contribution in [0.2, 0.25) is 0 Å². The summed E-state index contributed by atoms with van der Waals surface area (Å²) in [4.78, 5) is 11.3. The lowest BCUT2D eigenvalue weighted by atomic mass is 9.81. The first kappa shape index (κ1) is 15.9. The summed E-state index contributed by atoms with van der Waals surface area (Å²) in [5, 5.41) is 0. The maximum atomic E-state index is 11.3. The SMILES string of the molecule is CCC(C)Oc1ccccc1[C@H]1CCCC[C@@H]1OC(C)=O. The molecule has 0 amide bonds. The molecule has 0 bridgehead atoms. The van der Waals surface area contributed by atoms with Gasteiger partial charge in [0, 0.05) is 18.4 Å². The first-order valence-corrected chi connectivity index (χ1v) is 8.04. The number of hydrogen-bond acceptors (Lipinski definition) is 3. The fourth-order valence-electron chi connectivity index (χ4n) is 3.00. The summed E-state index contributed by atoms with van der Waals surface area (Å²) in [6, 6.07) is 8.19. The van der Waals surface area contributed by atoms with Crippen LogP contribution in [0.4, 0.5) is 0 Å². The Labute approximate surface area is 127 Å². The Balaban J connectivity index is 2.23. The Hall–Kier alpha value is -1.51. The zero-order valence-corrected chi connectivity index (χ0v) is 13.3. The predicted octanol–water partition coefficient (Wildman–Crippen LogP) is 4.45. The average molecular weight is 290 g/mol. The van der Waals surface area contributed by atoms with Crippen molar-refractivity contribution >= 4 is 5.97 Å². The Kier molecular flexibility index (Phi) is 5.66. The van der Waals surface area contributed by atoms with E-state index in [0.29, 0.717) is 0 Å². The minimum absolute atomic E-state index is 0.0158. The van der Waals surface area contributed by atoms with Gasteiger partial charge in [-0.05, 0) is 38.7 Å². The van der Waals surface area contributed by atoms with Gasteiger partial charge in [-0.25, -0.2) is 0 Å². The summed E-state index contributed by atoms with van der Waals surface area (Å²) >= 11 is 0. The van der Waals surface area contributed by atoms with Crippen LogP contribution in [0.5, 0.6) is 5.75 Å². The molecule has 0 radical (unpaired) electrons. The lowest BCUT2D eigenvalue weighted by molar-refractivity contribution is -0.148. The molecule has 116 valence electrons. The summed E-state index contributed by atoms with van der Waals surface area (Å²) in [6.45, 7) is 5.70. The molecule has 3 heteroatoms. The minimum atomic E-state index is -0.188. The highest BCUT2D eigenvalue weighted by molar-refractivity contribution is 5.66. The molecule has 1 aromatic rings. The van der Waals surface area contributed by atoms with Crippen molar-refractivity contribution in [2.75, 3.05) is 0 Å². The highest BCUT2D eigenvalue weighted by Gasteiger charge is 2.31. The van der Waals surface area contributed by atoms with E-state index in [4.69, 9.17) is 9.47 Å². The molecule has 3 nitrogen and oxygen atoms in total. The number of benzene rings is 1. The molecule has 0 saturated heterocycles. The van der Waals surface area contributed by atoms with Crippen LogP contribution in [0, 0.1) is 0 Å². The normalized spacial score (nSPS) is 23.4. The van der Waals surface area contributed by atoms with Gasteiger partial charge in [0.15, 0.2) is 0 Å². The monoisotopic (exact) mass is 290 g/mol. The standard InChI is InChI=1S/C18H26O3/c1-4-13(2)20-17-11-7-5-9-15(17)16-10-6-8-12-18(16)21-14(3)19/h5,7,9,11,13,16,18H,4,6,8,10,12H2,1-3H3/t13?,16-,18+/m1/s1. The van der Waals surface area contributed by atoms with E-state index in [2.05, 4.69) is 19.9 Å². The number of esters is 1. The number of carbonyl (C=O) groups is 1. The number of ether oxygens (including phenoxy) is 2. The molecule has 1 aliphatic carbocycles. The Morgan fingerprint density at radius 1 is 1.29 bits per heavy atom. The average Bonchev–Trinajstić information content (AvgIpc) is 2.48. The van der Waals surface area contributed by atoms with Crippen molar-refractivity contribution < 1.29 is 14.3 Å². The fraction of sp³-hybridized carbons (Fsp3) is 0.611. The minimum Gasteiger partial charge on any atom is -0.490 e. The van der Waals surface area contributed by atoms with E-state index in [0.717, 1.165) is 31.4 Å². The van der Waals surface area contributed by atoms with E-state index < -0.39 is 0 Å². The van der Waals surface area contributed by atoms with Gasteiger partial charge in [-0.1, -0.05) is 31.5 Å². The molecule has 0 spiro atoms. The maximum Gasteiger partial charge on any atom is 0.302 e. The predicted molar refractivity (Wildman–Crippen MR) is 83.6 cm³/mol. The second kappa shape index (κ2) is 7.48. The summed E-state index contributed by atoms with van der Waals surface area (Å²) in [6.07, 6.45) is 5.47. The van der Waals surface area contributed by atoms with E-state index in [-0.39, 0.29) is 24.1 Å². The molecule has 0 N–H and O–H groups in total. The Morgan fingerprint density at radius 3 is 2.71 bits per heavy atom. The zero-order valence-electron chi connectivity index (χ0n) is 13.3. The van der Waals surface area contributed by atoms with Crippen molar-refractivity contribution in [2.45, 2.75) is 71.0 Å². The van der Waals surface area contributed by atoms with Gasteiger partial charge in [0.2, 0.25) is 0 Å². The number of para-hydroxylation sites is 1. The topological polar surface area (TPSA) is 35.5 Å². The second-order valence-corrected chi connectivity index (χ2v) is 5.91. The van der Waals surface area contributed by atoms with Crippen LogP contribution in [-0.2, 0) is 9.53 Å². The molecule has 1 aliphatic rings. The largest absolute Gasteiger partial charge is 0.490 e. The van der Waals surface area contributed by atoms with E-state index in [9.17, 15) is 4.79 Å². The quantitative estimate of drug-likeness (QED) is 0.751. The maximum absolute atomic E-state index is 11.3. The third kappa shape index (κ3) is 4.23. The first-order valence-electron chi connectivity index (χ1n) is 8.04. The van der Waals surface area contributed by atoms with Gasteiger partial charge in [-0.15, -0.1) is 0 Å². The van der Waals surface area contributed by atoms with Crippen LogP contribution in [0.15, 0.2) is 24.3 Å². The van der Waals surface area contributed by atoms with Gasteiger partial charge in [-0.3, -0.25) is 4.79 Å². The van der Waals surface area contributed by atoms with Gasteiger partial charge in [0.25, 0.3) is 0 Å². The number of hydrogen-bond donors (Lipinski definition) is 0. The van der Waals surface area contributed by atoms with Gasteiger partial charge in [0.1, 0.15) is 11.9 Å². The van der Waals surface area contributed by atoms with E-state index >= 15 is 0 Å². The molecule has 1 aromatic carbocycles. The van der Waals surface area contributed by atoms with Crippen LogP contribution in [-0.4, -0.2) is 18.2 Å². The van der Waals surface area contributed by atoms with Crippen molar-refractivity contribution in [3.05, 3.63) is 29.8 Å². The molecule has 2 rings (SSSR count). The van der Waals surface area contributed by atoms with Crippen molar-refractivity contribution in [2.24, 2.45) is 0 Å². The summed E-state index contributed by atoms with van der Waals surface area (Å²) in [5.41, 5.74) is 1.18. The van der Waals surface area contributed by atoms with Crippen LogP contribution in [0.3, 0.4) is 0 Å². The molecular formula is C18H26O3. The van der Waals surface area contributed by atoms with Crippen LogP contribution in [0.25, 0.3) is 0 Å². The van der Waals surface area contributed by atoms with Gasteiger partial charge < -0.3 is 9.47 Å². The van der Waals surface area contributed by atoms with Crippen molar-refractivity contribution in [1.82, 2.24) is 0 Å². The van der Waals surface area contributed by atoms with Crippen molar-refractivity contribution in [1.29, 1.82) is 0 Å². The smallest absolute Gasteiger partial charge is 0.302 e. The van der Waals surface area contributed by atoms with Crippen LogP contribution < -0.4 is 4.74 Å². The van der Waals surface area contributed by atoms with Crippen LogP contribution in [0.1, 0.15) is 64.4 Å². The summed E-state index contributed by atoms with van der Waals surface area (Å²) in [5.74, 6) is 1.01. The van der Waals surface area contributed by atoms with Crippen LogP contribution >= 0.6 is 0 Å². The second-order valence-electron chi connectivity index (χ2n) is 5.91. The molecule has 0 aliphatic heterocycles. The molecule has 1 fully saturated rings. The van der Waals surface area contributed by atoms with E-state index in [1.807, 2.05) is 18.2 Å². The van der Waals surface area contributed by atoms with Gasteiger partial charge >= 0.3 is 5.97 Å². The lowest BCUT2D eigenvalue weighted by Gasteiger charge is -2.32. The molecular weight excluding hydrogens is 264 g/mol. The summed E-state index contributed by atoms with van der Waals surface area (Å²) < 4.78 is 11.6. The third-order valence-corrected chi connectivity index (χ3v) is 4.24. The van der Waals surface area contributed by atoms with Crippen molar-refractivity contribution in [3.8, 4) is 5.75 Å². The molecule has 1 unspecified atom stereocenters. The zero-order chi connectivity index (χ0) is 15.2. The Bertz CT molecular complexity index is 469. The third-order valence-electron chi connectivity index (χ3n) is 4.24. The summed E-state index contributed by atoms with van der Waals surface area (Å²) in [7, 11) is 0. The van der Waals surface area contributed by atoms with Crippen molar-refractivity contribution in [3.63, 3.8) is 0 Å². The number of carbonyl (C=O) groups excluding carboxylic acids is 1. The molecule has 1 saturated carbocycles. The van der Waals surface area contributed by atoms with Gasteiger partial charge in [-0.2, -0.15) is 0 Å². The van der Waals surface area contributed by atoms with E-state index in [1.54, 1.807) is 0 Å². The highest BCUT2D eigenvalue weighted by atomic mass is 16.5. The molecule has 0 aromatic heterocycles. The van der Waals surface area contributed by atoms with Gasteiger partial charge in [0.05, 0.1) is 6.10 Å². The molecule has 21 heavy (non-hydrogen) atoms. The number of rotatable bonds is 5. The fourth-order valence-corrected chi connectivity index (χ4v) is 3.00. The lowest BCUT2D eigenvalue weighted by Crippen LogP contribution is -2.28. The first-order chi connectivity index (χ1) is 10.1. The van der Waals surface area contributed by atoms with E-state index in [1.165, 1.54) is 18.9 Å².